The smallest absolute Gasteiger partial charge is 0.445 e. The molecule has 3 aromatic rings. The largest absolute Gasteiger partial charge is 0.743 e. The summed E-state index contributed by atoms with van der Waals surface area (Å²) in [7, 11) is -7.91. The standard InChI is InChI=1S/C26H27O4S.C6H2F12O4S/c1-3-27-18-20-29-22-10-14-25(15-11-22)31(24-8-6-5-7-9-24)26-16-12-23(13-17-26)30-21-19-28-4-2;7-1(2(8,9)10)22-5(15,16)3(11,12)4(13,14)6(17,18)23(19,20)21/h3-17H,1-2,18-21H2;1H,(H,19,20,21)/q+1;/p-1. The van der Waals surface area contributed by atoms with Crippen LogP contribution in [-0.2, 0) is 35.2 Å². The highest BCUT2D eigenvalue weighted by molar-refractivity contribution is 7.97. The molecule has 300 valence electrons. The molecule has 0 saturated carbocycles. The van der Waals surface area contributed by atoms with Crippen LogP contribution in [0.4, 0.5) is 52.7 Å². The maximum absolute atomic E-state index is 12.7. The van der Waals surface area contributed by atoms with Crippen LogP contribution in [0.3, 0.4) is 0 Å². The van der Waals surface area contributed by atoms with E-state index in [2.05, 4.69) is 61.7 Å². The van der Waals surface area contributed by atoms with Gasteiger partial charge in [-0.25, -0.2) is 12.8 Å². The first-order valence-corrected chi connectivity index (χ1v) is 17.1. The summed E-state index contributed by atoms with van der Waals surface area (Å²) in [5, 5.41) is -7.39. The lowest BCUT2D eigenvalue weighted by atomic mass is 10.1. The molecular formula is C32H28F12O8S2. The highest BCUT2D eigenvalue weighted by Gasteiger charge is 2.84. The van der Waals surface area contributed by atoms with Gasteiger partial charge in [0.1, 0.15) is 37.9 Å². The van der Waals surface area contributed by atoms with E-state index in [-0.39, 0.29) is 10.9 Å². The van der Waals surface area contributed by atoms with Gasteiger partial charge >= 0.3 is 29.4 Å². The predicted octanol–water partition coefficient (Wildman–Crippen LogP) is 8.72. The molecule has 0 heterocycles. The van der Waals surface area contributed by atoms with Gasteiger partial charge in [0.2, 0.25) is 0 Å². The number of rotatable bonds is 19. The molecule has 0 aliphatic heterocycles. The molecule has 3 aromatic carbocycles. The van der Waals surface area contributed by atoms with Crippen LogP contribution in [0.15, 0.2) is 119 Å². The minimum absolute atomic E-state index is 0.236. The topological polar surface area (TPSA) is 103 Å². The van der Waals surface area contributed by atoms with Gasteiger partial charge in [0.25, 0.3) is 6.36 Å². The van der Waals surface area contributed by atoms with Gasteiger partial charge in [0, 0.05) is 0 Å². The minimum Gasteiger partial charge on any atom is -0.743 e. The fraction of sp³-hybridized carbons (Fsp3) is 0.312. The summed E-state index contributed by atoms with van der Waals surface area (Å²) >= 11 is 0. The zero-order chi connectivity index (χ0) is 41.0. The quantitative estimate of drug-likeness (QED) is 0.0389. The molecule has 0 radical (unpaired) electrons. The Bertz CT molecular complexity index is 1670. The van der Waals surface area contributed by atoms with E-state index in [1.54, 1.807) is 4.74 Å². The Balaban J connectivity index is 0.000000393. The zero-order valence-corrected chi connectivity index (χ0v) is 28.7. The van der Waals surface area contributed by atoms with Gasteiger partial charge in [-0.05, 0) is 60.7 Å². The van der Waals surface area contributed by atoms with Crippen LogP contribution in [0.5, 0.6) is 11.5 Å². The van der Waals surface area contributed by atoms with Crippen molar-refractivity contribution in [3.8, 4) is 11.5 Å². The Labute approximate surface area is 303 Å². The molecule has 54 heavy (non-hydrogen) atoms. The van der Waals surface area contributed by atoms with E-state index < -0.39 is 45.9 Å². The normalized spacial score (nSPS) is 13.3. The van der Waals surface area contributed by atoms with Gasteiger partial charge in [-0.15, -0.1) is 0 Å². The van der Waals surface area contributed by atoms with Gasteiger partial charge < -0.3 is 23.5 Å². The van der Waals surface area contributed by atoms with E-state index >= 15 is 0 Å². The summed E-state index contributed by atoms with van der Waals surface area (Å²) in [6.45, 7) is 8.98. The molecule has 22 heteroatoms. The van der Waals surface area contributed by atoms with Crippen molar-refractivity contribution in [3.63, 3.8) is 0 Å². The van der Waals surface area contributed by atoms with Gasteiger partial charge in [-0.2, -0.15) is 48.3 Å². The van der Waals surface area contributed by atoms with Gasteiger partial charge in [-0.1, -0.05) is 31.4 Å². The van der Waals surface area contributed by atoms with Crippen molar-refractivity contribution >= 4 is 21.0 Å². The maximum Gasteiger partial charge on any atom is 0.445 e. The summed E-state index contributed by atoms with van der Waals surface area (Å²) in [5.74, 6) is -13.8. The minimum atomic E-state index is -7.75. The highest BCUT2D eigenvalue weighted by atomic mass is 32.2. The molecule has 8 nitrogen and oxygen atoms in total. The van der Waals surface area contributed by atoms with Crippen LogP contribution in [0.1, 0.15) is 0 Å². The van der Waals surface area contributed by atoms with Crippen LogP contribution in [0, 0.1) is 0 Å². The molecule has 3 rings (SSSR count). The third kappa shape index (κ3) is 11.6. The van der Waals surface area contributed by atoms with E-state index in [1.807, 2.05) is 30.3 Å². The number of hydrogen-bond acceptors (Lipinski definition) is 8. The first kappa shape index (κ1) is 45.9. The van der Waals surface area contributed by atoms with Crippen molar-refractivity contribution < 1.29 is 89.3 Å². The second kappa shape index (κ2) is 18.8. The zero-order valence-electron chi connectivity index (χ0n) is 27.1. The Morgan fingerprint density at radius 3 is 1.37 bits per heavy atom. The SMILES string of the molecule is C=COCCOc1ccc([S+](c2ccccc2)c2ccc(OCCOC=C)cc2)cc1.O=S(=O)([O-])C(F)(F)C(F)(F)C(F)(F)C(F)(F)OC(F)C(F)(F)F. The van der Waals surface area contributed by atoms with Crippen molar-refractivity contribution in [2.45, 2.75) is 50.4 Å². The van der Waals surface area contributed by atoms with E-state index in [1.165, 1.54) is 27.2 Å². The van der Waals surface area contributed by atoms with Gasteiger partial charge in [0.15, 0.2) is 24.8 Å². The van der Waals surface area contributed by atoms with E-state index in [4.69, 9.17) is 18.9 Å². The third-order valence-corrected chi connectivity index (χ3v) is 9.34. The summed E-state index contributed by atoms with van der Waals surface area (Å²) < 4.78 is 200. The first-order valence-electron chi connectivity index (χ1n) is 14.5. The van der Waals surface area contributed by atoms with E-state index in [9.17, 15) is 65.7 Å². The highest BCUT2D eigenvalue weighted by Crippen LogP contribution is 2.55. The van der Waals surface area contributed by atoms with Crippen LogP contribution < -0.4 is 9.47 Å². The Morgan fingerprint density at radius 1 is 0.630 bits per heavy atom. The molecule has 0 aliphatic carbocycles. The summed E-state index contributed by atoms with van der Waals surface area (Å²) in [5.41, 5.74) is 0. The molecular weight excluding hydrogens is 804 g/mol. The second-order valence-electron chi connectivity index (χ2n) is 9.95. The molecule has 0 N–H and O–H groups in total. The van der Waals surface area contributed by atoms with Crippen LogP contribution >= 0.6 is 0 Å². The fourth-order valence-corrected chi connectivity index (χ4v) is 6.19. The number of alkyl halides is 12. The van der Waals surface area contributed by atoms with Crippen molar-refractivity contribution in [2.24, 2.45) is 0 Å². The summed E-state index contributed by atoms with van der Waals surface area (Å²) in [4.78, 5) is 3.69. The molecule has 0 spiro atoms. The number of halogens is 12. The average Bonchev–Trinajstić information content (AvgIpc) is 3.09. The number of hydrogen-bond donors (Lipinski definition) is 0. The molecule has 0 bridgehead atoms. The Kier molecular flexibility index (Phi) is 16.0. The monoisotopic (exact) mass is 832 g/mol. The molecule has 0 amide bonds. The third-order valence-electron chi connectivity index (χ3n) is 6.22. The lowest BCUT2D eigenvalue weighted by Gasteiger charge is -2.37. The summed E-state index contributed by atoms with van der Waals surface area (Å²) in [6.07, 6.45) is -16.2. The van der Waals surface area contributed by atoms with Crippen molar-refractivity contribution in [2.75, 3.05) is 26.4 Å². The van der Waals surface area contributed by atoms with Crippen LogP contribution in [-0.4, -0.2) is 75.1 Å². The molecule has 0 aliphatic rings. The molecule has 0 fully saturated rings. The predicted molar refractivity (Wildman–Crippen MR) is 166 cm³/mol. The molecule has 1 atom stereocenters. The van der Waals surface area contributed by atoms with Crippen molar-refractivity contribution in [1.82, 2.24) is 0 Å². The van der Waals surface area contributed by atoms with E-state index in [0.717, 1.165) is 11.5 Å². The second-order valence-corrected chi connectivity index (χ2v) is 13.4. The lowest BCUT2D eigenvalue weighted by molar-refractivity contribution is -0.452. The Hall–Kier alpha value is -4.28. The number of benzene rings is 3. The van der Waals surface area contributed by atoms with E-state index in [0.29, 0.717) is 26.4 Å². The van der Waals surface area contributed by atoms with Crippen molar-refractivity contribution in [1.29, 1.82) is 0 Å². The van der Waals surface area contributed by atoms with Crippen LogP contribution in [0.2, 0.25) is 0 Å². The molecule has 0 saturated heterocycles. The Morgan fingerprint density at radius 2 is 1.02 bits per heavy atom. The lowest BCUT2D eigenvalue weighted by Crippen LogP contribution is -2.65. The molecule has 0 aromatic heterocycles. The first-order chi connectivity index (χ1) is 24.9. The van der Waals surface area contributed by atoms with Gasteiger partial charge in [-0.3, -0.25) is 4.74 Å². The van der Waals surface area contributed by atoms with Gasteiger partial charge in [0.05, 0.1) is 23.4 Å². The number of ether oxygens (including phenoxy) is 5. The summed E-state index contributed by atoms with van der Waals surface area (Å²) in [6, 6.07) is 27.0. The van der Waals surface area contributed by atoms with Crippen LogP contribution in [0.25, 0.3) is 0 Å². The molecule has 1 unspecified atom stereocenters. The maximum atomic E-state index is 12.7. The van der Waals surface area contributed by atoms with Crippen molar-refractivity contribution in [3.05, 3.63) is 105 Å². The fourth-order valence-electron chi connectivity index (χ4n) is 3.68. The average molecular weight is 833 g/mol.